The van der Waals surface area contributed by atoms with Crippen LogP contribution in [0.3, 0.4) is 0 Å². The summed E-state index contributed by atoms with van der Waals surface area (Å²) in [6, 6.07) is 19.6. The van der Waals surface area contributed by atoms with Crippen LogP contribution in [-0.4, -0.2) is 16.9 Å². The molecule has 3 aromatic rings. The fourth-order valence-electron chi connectivity index (χ4n) is 2.82. The Balaban J connectivity index is 1.54. The first kappa shape index (κ1) is 22.6. The second-order valence-corrected chi connectivity index (χ2v) is 7.31. The summed E-state index contributed by atoms with van der Waals surface area (Å²) in [5.41, 5.74) is 2.31. The molecule has 0 saturated heterocycles. The number of rotatable bonds is 8. The van der Waals surface area contributed by atoms with Crippen LogP contribution in [-0.2, 0) is 11.4 Å². The molecule has 3 rings (SSSR count). The van der Waals surface area contributed by atoms with E-state index in [0.717, 1.165) is 5.56 Å². The van der Waals surface area contributed by atoms with E-state index in [2.05, 4.69) is 16.7 Å². The molecule has 3 aromatic carbocycles. The van der Waals surface area contributed by atoms with Gasteiger partial charge in [0.2, 0.25) is 5.91 Å². The Kier molecular flexibility index (Phi) is 7.26. The molecule has 1 amide bonds. The molecule has 0 bridgehead atoms. The maximum absolute atomic E-state index is 12.5. The van der Waals surface area contributed by atoms with Crippen molar-refractivity contribution in [3.63, 3.8) is 0 Å². The second kappa shape index (κ2) is 10.3. The third-order valence-electron chi connectivity index (χ3n) is 4.51. The monoisotopic (exact) mass is 450 g/mol. The number of carbonyl (C=O) groups excluding carboxylic acids is 1. The van der Waals surface area contributed by atoms with E-state index < -0.39 is 11.0 Å². The third kappa shape index (κ3) is 5.97. The Hall–Kier alpha value is -4.09. The predicted octanol–water partition coefficient (Wildman–Crippen LogP) is 5.14. The Morgan fingerprint density at radius 3 is 2.59 bits per heavy atom. The first-order valence-corrected chi connectivity index (χ1v) is 9.97. The van der Waals surface area contributed by atoms with Crippen LogP contribution < -0.4 is 15.4 Å². The Labute approximate surface area is 189 Å². The highest BCUT2D eigenvalue weighted by Gasteiger charge is 2.16. The smallest absolute Gasteiger partial charge is 0.271 e. The number of benzene rings is 3. The zero-order chi connectivity index (χ0) is 23.1. The summed E-state index contributed by atoms with van der Waals surface area (Å²) >= 11 is 6.02. The minimum absolute atomic E-state index is 0.0848. The van der Waals surface area contributed by atoms with Gasteiger partial charge < -0.3 is 15.4 Å². The number of nitro benzene ring substituents is 1. The molecule has 8 nitrogen and oxygen atoms in total. The van der Waals surface area contributed by atoms with Gasteiger partial charge in [0.1, 0.15) is 18.4 Å². The number of amides is 1. The van der Waals surface area contributed by atoms with Crippen molar-refractivity contribution in [2.75, 3.05) is 10.6 Å². The van der Waals surface area contributed by atoms with Crippen LogP contribution in [0, 0.1) is 21.4 Å². The largest absolute Gasteiger partial charge is 0.489 e. The van der Waals surface area contributed by atoms with Gasteiger partial charge in [-0.05, 0) is 55.0 Å². The summed E-state index contributed by atoms with van der Waals surface area (Å²) in [7, 11) is 0. The van der Waals surface area contributed by atoms with Crippen LogP contribution in [0.4, 0.5) is 17.1 Å². The summed E-state index contributed by atoms with van der Waals surface area (Å²) in [6.07, 6.45) is 0. The normalized spacial score (nSPS) is 11.2. The predicted molar refractivity (Wildman–Crippen MR) is 122 cm³/mol. The van der Waals surface area contributed by atoms with Crippen molar-refractivity contribution < 1.29 is 14.5 Å². The van der Waals surface area contributed by atoms with Gasteiger partial charge in [-0.25, -0.2) is 0 Å². The molecule has 0 radical (unpaired) electrons. The van der Waals surface area contributed by atoms with E-state index in [1.807, 2.05) is 6.07 Å². The molecule has 9 heteroatoms. The Bertz CT molecular complexity index is 1180. The highest BCUT2D eigenvalue weighted by atomic mass is 35.5. The number of carbonyl (C=O) groups is 1. The van der Waals surface area contributed by atoms with Gasteiger partial charge in [0.25, 0.3) is 5.69 Å². The van der Waals surface area contributed by atoms with Gasteiger partial charge >= 0.3 is 0 Å². The summed E-state index contributed by atoms with van der Waals surface area (Å²) in [6.45, 7) is 2.01. The number of halogens is 1. The summed E-state index contributed by atoms with van der Waals surface area (Å²) < 4.78 is 5.74. The Morgan fingerprint density at radius 2 is 1.94 bits per heavy atom. The van der Waals surface area contributed by atoms with Gasteiger partial charge in [-0.15, -0.1) is 0 Å². The molecule has 0 fully saturated rings. The fraction of sp³-hybridized carbons (Fsp3) is 0.130. The molecule has 0 heterocycles. The van der Waals surface area contributed by atoms with Crippen molar-refractivity contribution in [3.8, 4) is 11.8 Å². The Morgan fingerprint density at radius 1 is 1.19 bits per heavy atom. The van der Waals surface area contributed by atoms with E-state index in [1.54, 1.807) is 49.4 Å². The molecule has 0 aliphatic heterocycles. The maximum Gasteiger partial charge on any atom is 0.271 e. The van der Waals surface area contributed by atoms with Crippen LogP contribution in [0.15, 0.2) is 66.7 Å². The van der Waals surface area contributed by atoms with Gasteiger partial charge in [-0.1, -0.05) is 23.7 Å². The topological polar surface area (TPSA) is 117 Å². The number of nitriles is 1. The maximum atomic E-state index is 12.5. The van der Waals surface area contributed by atoms with Crippen molar-refractivity contribution in [2.24, 2.45) is 0 Å². The quantitative estimate of drug-likeness (QED) is 0.362. The third-order valence-corrected chi connectivity index (χ3v) is 4.83. The van der Waals surface area contributed by atoms with E-state index in [-0.39, 0.29) is 16.6 Å². The highest BCUT2D eigenvalue weighted by Crippen LogP contribution is 2.27. The molecular formula is C23H19ClN4O4. The summed E-state index contributed by atoms with van der Waals surface area (Å²) in [4.78, 5) is 22.7. The zero-order valence-corrected chi connectivity index (χ0v) is 17.8. The molecule has 0 spiro atoms. The number of nitro groups is 1. The molecule has 1 atom stereocenters. The summed E-state index contributed by atoms with van der Waals surface area (Å²) in [5.74, 6) is 0.297. The number of hydrogen-bond donors (Lipinski definition) is 2. The fourth-order valence-corrected chi connectivity index (χ4v) is 3.04. The molecule has 0 saturated carbocycles. The van der Waals surface area contributed by atoms with Gasteiger partial charge in [0, 0.05) is 17.8 Å². The van der Waals surface area contributed by atoms with E-state index in [4.69, 9.17) is 21.6 Å². The van der Waals surface area contributed by atoms with Gasteiger partial charge in [0.05, 0.1) is 27.3 Å². The number of nitrogens with one attached hydrogen (secondary N) is 2. The average molecular weight is 451 g/mol. The number of ether oxygens (including phenoxy) is 1. The molecule has 162 valence electrons. The van der Waals surface area contributed by atoms with Crippen LogP contribution >= 0.6 is 11.6 Å². The number of non-ortho nitro benzene ring substituents is 1. The van der Waals surface area contributed by atoms with E-state index in [1.165, 1.54) is 18.2 Å². The number of anilines is 2. The van der Waals surface area contributed by atoms with Crippen molar-refractivity contribution >= 4 is 34.6 Å². The lowest BCUT2D eigenvalue weighted by Crippen LogP contribution is -2.31. The van der Waals surface area contributed by atoms with Crippen molar-refractivity contribution in [1.29, 1.82) is 5.26 Å². The molecule has 0 aliphatic carbocycles. The lowest BCUT2D eigenvalue weighted by atomic mass is 10.1. The molecule has 32 heavy (non-hydrogen) atoms. The van der Waals surface area contributed by atoms with E-state index in [0.29, 0.717) is 29.3 Å². The van der Waals surface area contributed by atoms with E-state index >= 15 is 0 Å². The van der Waals surface area contributed by atoms with Crippen molar-refractivity contribution in [1.82, 2.24) is 0 Å². The van der Waals surface area contributed by atoms with Gasteiger partial charge in [-0.2, -0.15) is 5.26 Å². The number of hydrogen-bond acceptors (Lipinski definition) is 6. The van der Waals surface area contributed by atoms with Gasteiger partial charge in [-0.3, -0.25) is 14.9 Å². The average Bonchev–Trinajstić information content (AvgIpc) is 2.79. The molecule has 0 aromatic heterocycles. The van der Waals surface area contributed by atoms with Crippen LogP contribution in [0.25, 0.3) is 0 Å². The zero-order valence-electron chi connectivity index (χ0n) is 17.0. The van der Waals surface area contributed by atoms with Crippen LogP contribution in [0.5, 0.6) is 5.75 Å². The van der Waals surface area contributed by atoms with Crippen molar-refractivity contribution in [3.05, 3.63) is 93.0 Å². The lowest BCUT2D eigenvalue weighted by Gasteiger charge is -2.16. The molecule has 2 N–H and O–H groups in total. The second-order valence-electron chi connectivity index (χ2n) is 6.90. The van der Waals surface area contributed by atoms with Crippen LogP contribution in [0.1, 0.15) is 18.1 Å². The van der Waals surface area contributed by atoms with Crippen molar-refractivity contribution in [2.45, 2.75) is 19.6 Å². The molecular weight excluding hydrogens is 432 g/mol. The first-order chi connectivity index (χ1) is 15.4. The number of nitrogens with zero attached hydrogens (tertiary/aromatic N) is 2. The molecule has 1 unspecified atom stereocenters. The SMILES string of the molecule is CC(Nc1ccc(OCc2cccc(C#N)c2)cc1)C(=O)Nc1ccc([N+](=O)[O-])cc1Cl. The lowest BCUT2D eigenvalue weighted by molar-refractivity contribution is -0.384. The molecule has 0 aliphatic rings. The standard InChI is InChI=1S/C23H19ClN4O4/c1-15(23(29)27-22-10-7-19(28(30)31)12-21(22)24)26-18-5-8-20(9-6-18)32-14-17-4-2-3-16(11-17)13-25/h2-12,15,26H,14H2,1H3,(H,27,29). The first-order valence-electron chi connectivity index (χ1n) is 9.59. The van der Waals surface area contributed by atoms with E-state index in [9.17, 15) is 14.9 Å². The van der Waals surface area contributed by atoms with Gasteiger partial charge in [0.15, 0.2) is 0 Å². The van der Waals surface area contributed by atoms with Crippen LogP contribution in [0.2, 0.25) is 5.02 Å². The minimum atomic E-state index is -0.596. The highest BCUT2D eigenvalue weighted by molar-refractivity contribution is 6.34. The minimum Gasteiger partial charge on any atom is -0.489 e. The summed E-state index contributed by atoms with van der Waals surface area (Å²) in [5, 5.41) is 25.6.